The van der Waals surface area contributed by atoms with Crippen LogP contribution in [0.5, 0.6) is 0 Å². The lowest BCUT2D eigenvalue weighted by Gasteiger charge is -2.08. The summed E-state index contributed by atoms with van der Waals surface area (Å²) in [4.78, 5) is 4.41. The van der Waals surface area contributed by atoms with E-state index in [0.29, 0.717) is 5.82 Å². The Labute approximate surface area is 143 Å². The molecule has 0 saturated heterocycles. The fourth-order valence-electron chi connectivity index (χ4n) is 2.17. The second kappa shape index (κ2) is 7.27. The summed E-state index contributed by atoms with van der Waals surface area (Å²) in [5.74, 6) is 0.297. The van der Waals surface area contributed by atoms with Crippen LogP contribution < -0.4 is 4.72 Å². The molecule has 124 valence electrons. The lowest BCUT2D eigenvalue weighted by Crippen LogP contribution is -2.13. The van der Waals surface area contributed by atoms with Crippen molar-refractivity contribution in [2.75, 3.05) is 4.72 Å². The SMILES string of the molecule is C.Cc1ccc(S(=O)(=O)Nc2ccc(-c3ccccc3)cn2)cc1. The summed E-state index contributed by atoms with van der Waals surface area (Å²) in [5.41, 5.74) is 2.98. The molecule has 0 radical (unpaired) electrons. The summed E-state index contributed by atoms with van der Waals surface area (Å²) >= 11 is 0. The second-order valence-corrected chi connectivity index (χ2v) is 6.90. The van der Waals surface area contributed by atoms with E-state index in [-0.39, 0.29) is 12.3 Å². The maximum Gasteiger partial charge on any atom is 0.263 e. The highest BCUT2D eigenvalue weighted by Crippen LogP contribution is 2.20. The van der Waals surface area contributed by atoms with Crippen molar-refractivity contribution < 1.29 is 8.42 Å². The molecule has 0 fully saturated rings. The number of pyridine rings is 1. The van der Waals surface area contributed by atoms with Gasteiger partial charge in [0, 0.05) is 11.8 Å². The van der Waals surface area contributed by atoms with E-state index in [1.165, 1.54) is 0 Å². The molecule has 0 aliphatic heterocycles. The average molecular weight is 340 g/mol. The van der Waals surface area contributed by atoms with Gasteiger partial charge in [-0.3, -0.25) is 4.72 Å². The molecule has 5 heteroatoms. The van der Waals surface area contributed by atoms with Gasteiger partial charge in [0.1, 0.15) is 5.82 Å². The Morgan fingerprint density at radius 2 is 1.50 bits per heavy atom. The van der Waals surface area contributed by atoms with Gasteiger partial charge in [-0.25, -0.2) is 13.4 Å². The number of nitrogens with one attached hydrogen (secondary N) is 1. The van der Waals surface area contributed by atoms with Crippen LogP contribution in [-0.2, 0) is 10.0 Å². The van der Waals surface area contributed by atoms with Gasteiger partial charge in [-0.2, -0.15) is 0 Å². The number of anilines is 1. The van der Waals surface area contributed by atoms with Crippen molar-refractivity contribution in [3.63, 3.8) is 0 Å². The summed E-state index contributed by atoms with van der Waals surface area (Å²) in [6, 6.07) is 20.0. The average Bonchev–Trinajstić information content (AvgIpc) is 2.56. The van der Waals surface area contributed by atoms with Gasteiger partial charge in [0.15, 0.2) is 0 Å². The number of benzene rings is 2. The Balaban J connectivity index is 0.00000208. The number of nitrogens with zero attached hydrogens (tertiary/aromatic N) is 1. The van der Waals surface area contributed by atoms with Crippen LogP contribution in [0, 0.1) is 6.92 Å². The second-order valence-electron chi connectivity index (χ2n) is 5.22. The molecule has 24 heavy (non-hydrogen) atoms. The molecule has 0 atom stereocenters. The first-order chi connectivity index (χ1) is 11.0. The summed E-state index contributed by atoms with van der Waals surface area (Å²) in [6.45, 7) is 1.91. The maximum absolute atomic E-state index is 12.3. The Morgan fingerprint density at radius 1 is 0.833 bits per heavy atom. The van der Waals surface area contributed by atoms with Gasteiger partial charge in [0.25, 0.3) is 10.0 Å². The van der Waals surface area contributed by atoms with Crippen LogP contribution in [0.3, 0.4) is 0 Å². The highest BCUT2D eigenvalue weighted by atomic mass is 32.2. The molecule has 3 rings (SSSR count). The zero-order valence-corrected chi connectivity index (χ0v) is 13.4. The van der Waals surface area contributed by atoms with Crippen molar-refractivity contribution in [1.29, 1.82) is 0 Å². The smallest absolute Gasteiger partial charge is 0.263 e. The molecule has 2 aromatic carbocycles. The summed E-state index contributed by atoms with van der Waals surface area (Å²) in [7, 11) is -3.62. The first-order valence-corrected chi connectivity index (χ1v) is 8.64. The van der Waals surface area contributed by atoms with E-state index in [1.807, 2.05) is 43.3 Å². The molecule has 1 N–H and O–H groups in total. The van der Waals surface area contributed by atoms with Gasteiger partial charge in [-0.1, -0.05) is 55.5 Å². The van der Waals surface area contributed by atoms with E-state index < -0.39 is 10.0 Å². The minimum atomic E-state index is -3.62. The molecular formula is C19H20N2O2S. The topological polar surface area (TPSA) is 59.1 Å². The zero-order valence-electron chi connectivity index (χ0n) is 12.6. The van der Waals surface area contributed by atoms with Crippen molar-refractivity contribution in [3.8, 4) is 11.1 Å². The Morgan fingerprint density at radius 3 is 2.08 bits per heavy atom. The van der Waals surface area contributed by atoms with Gasteiger partial charge in [-0.05, 0) is 36.8 Å². The lowest BCUT2D eigenvalue weighted by atomic mass is 10.1. The van der Waals surface area contributed by atoms with Crippen LogP contribution in [0.1, 0.15) is 13.0 Å². The first-order valence-electron chi connectivity index (χ1n) is 7.15. The normalized spacial score (nSPS) is 10.7. The third-order valence-corrected chi connectivity index (χ3v) is 4.81. The monoisotopic (exact) mass is 340 g/mol. The fraction of sp³-hybridized carbons (Fsp3) is 0.105. The van der Waals surface area contributed by atoms with Gasteiger partial charge >= 0.3 is 0 Å². The van der Waals surface area contributed by atoms with Gasteiger partial charge < -0.3 is 0 Å². The summed E-state index contributed by atoms with van der Waals surface area (Å²) in [5, 5.41) is 0. The number of aromatic nitrogens is 1. The number of sulfonamides is 1. The van der Waals surface area contributed by atoms with E-state index >= 15 is 0 Å². The molecule has 0 amide bonds. The van der Waals surface area contributed by atoms with Crippen LogP contribution in [0.4, 0.5) is 5.82 Å². The molecule has 0 bridgehead atoms. The van der Waals surface area contributed by atoms with E-state index in [0.717, 1.165) is 16.7 Å². The Hall–Kier alpha value is -2.66. The van der Waals surface area contributed by atoms with Crippen LogP contribution in [0.2, 0.25) is 0 Å². The number of hydrogen-bond acceptors (Lipinski definition) is 3. The molecule has 1 aromatic heterocycles. The molecule has 0 unspecified atom stereocenters. The van der Waals surface area contributed by atoms with Crippen molar-refractivity contribution in [3.05, 3.63) is 78.5 Å². The van der Waals surface area contributed by atoms with Crippen molar-refractivity contribution in [2.24, 2.45) is 0 Å². The number of rotatable bonds is 4. The highest BCUT2D eigenvalue weighted by Gasteiger charge is 2.14. The minimum Gasteiger partial charge on any atom is -0.263 e. The van der Waals surface area contributed by atoms with E-state index in [2.05, 4.69) is 9.71 Å². The molecule has 0 saturated carbocycles. The quantitative estimate of drug-likeness (QED) is 0.761. The fourth-order valence-corrected chi connectivity index (χ4v) is 3.18. The largest absolute Gasteiger partial charge is 0.263 e. The molecule has 0 aliphatic carbocycles. The van der Waals surface area contributed by atoms with Crippen molar-refractivity contribution >= 4 is 15.8 Å². The summed E-state index contributed by atoms with van der Waals surface area (Å²) in [6.07, 6.45) is 1.66. The molecule has 0 aliphatic rings. The van der Waals surface area contributed by atoms with Crippen LogP contribution in [0.25, 0.3) is 11.1 Å². The van der Waals surface area contributed by atoms with E-state index in [1.54, 1.807) is 36.5 Å². The maximum atomic E-state index is 12.3. The molecule has 3 aromatic rings. The van der Waals surface area contributed by atoms with Gasteiger partial charge in [0.05, 0.1) is 4.90 Å². The van der Waals surface area contributed by atoms with Gasteiger partial charge in [0.2, 0.25) is 0 Å². The third-order valence-electron chi connectivity index (χ3n) is 3.44. The molecule has 1 heterocycles. The van der Waals surface area contributed by atoms with Crippen molar-refractivity contribution in [2.45, 2.75) is 19.2 Å². The van der Waals surface area contributed by atoms with Gasteiger partial charge in [-0.15, -0.1) is 0 Å². The predicted molar refractivity (Wildman–Crippen MR) is 98.4 cm³/mol. The van der Waals surface area contributed by atoms with Crippen LogP contribution >= 0.6 is 0 Å². The third kappa shape index (κ3) is 4.00. The van der Waals surface area contributed by atoms with Crippen LogP contribution in [0.15, 0.2) is 77.8 Å². The Kier molecular flexibility index (Phi) is 5.36. The lowest BCUT2D eigenvalue weighted by molar-refractivity contribution is 0.601. The van der Waals surface area contributed by atoms with E-state index in [4.69, 9.17) is 0 Å². The molecular weight excluding hydrogens is 320 g/mol. The van der Waals surface area contributed by atoms with Crippen molar-refractivity contribution in [1.82, 2.24) is 4.98 Å². The molecule has 4 nitrogen and oxygen atoms in total. The van der Waals surface area contributed by atoms with Crippen LogP contribution in [-0.4, -0.2) is 13.4 Å². The Bertz CT molecular complexity index is 888. The highest BCUT2D eigenvalue weighted by molar-refractivity contribution is 7.92. The number of hydrogen-bond donors (Lipinski definition) is 1. The van der Waals surface area contributed by atoms with E-state index in [9.17, 15) is 8.42 Å². The first kappa shape index (κ1) is 17.7. The minimum absolute atomic E-state index is 0. The standard InChI is InChI=1S/C18H16N2O2S.CH4/c1-14-7-10-17(11-8-14)23(21,22)20-18-12-9-16(13-19-18)15-5-3-2-4-6-15;/h2-13H,1H3,(H,19,20);1H4. The summed E-state index contributed by atoms with van der Waals surface area (Å²) < 4.78 is 27.1. The number of aryl methyl sites for hydroxylation is 1. The zero-order chi connectivity index (χ0) is 16.3. The predicted octanol–water partition coefficient (Wildman–Crippen LogP) is 4.49. The molecule has 0 spiro atoms.